The van der Waals surface area contributed by atoms with Crippen molar-refractivity contribution in [3.63, 3.8) is 0 Å². The summed E-state index contributed by atoms with van der Waals surface area (Å²) in [5.41, 5.74) is 3.29. The molecule has 1 aliphatic rings. The third-order valence-electron chi connectivity index (χ3n) is 4.87. The molecule has 1 N–H and O–H groups in total. The normalized spacial score (nSPS) is 14.7. The summed E-state index contributed by atoms with van der Waals surface area (Å²) in [6.07, 6.45) is 6.35. The highest BCUT2D eigenvalue weighted by atomic mass is 16.5. The number of methoxy groups -OCH3 is 1. The van der Waals surface area contributed by atoms with Crippen LogP contribution in [0.4, 0.5) is 0 Å². The number of nitrogens with zero attached hydrogens (tertiary/aromatic N) is 3. The van der Waals surface area contributed by atoms with Crippen LogP contribution in [0.5, 0.6) is 11.5 Å². The third-order valence-corrected chi connectivity index (χ3v) is 4.87. The maximum atomic E-state index is 9.83. The molecular formula is C21H23N3O2. The van der Waals surface area contributed by atoms with Crippen molar-refractivity contribution < 1.29 is 9.84 Å². The van der Waals surface area contributed by atoms with Gasteiger partial charge in [0.2, 0.25) is 0 Å². The molecule has 5 nitrogen and oxygen atoms in total. The van der Waals surface area contributed by atoms with E-state index in [2.05, 4.69) is 38.7 Å². The summed E-state index contributed by atoms with van der Waals surface area (Å²) in [6.45, 7) is 3.37. The van der Waals surface area contributed by atoms with E-state index < -0.39 is 0 Å². The van der Waals surface area contributed by atoms with Gasteiger partial charge >= 0.3 is 0 Å². The van der Waals surface area contributed by atoms with E-state index in [9.17, 15) is 5.11 Å². The van der Waals surface area contributed by atoms with Gasteiger partial charge < -0.3 is 9.84 Å². The van der Waals surface area contributed by atoms with Gasteiger partial charge in [0.25, 0.3) is 0 Å². The number of aromatic nitrogens is 2. The highest BCUT2D eigenvalue weighted by Gasteiger charge is 2.14. The molecule has 3 aromatic rings. The van der Waals surface area contributed by atoms with Crippen molar-refractivity contribution in [1.82, 2.24) is 14.5 Å². The molecular weight excluding hydrogens is 326 g/mol. The lowest BCUT2D eigenvalue weighted by atomic mass is 10.1. The Hall–Kier alpha value is -2.79. The van der Waals surface area contributed by atoms with E-state index in [1.165, 1.54) is 31.5 Å². The van der Waals surface area contributed by atoms with Crippen LogP contribution in [0.1, 0.15) is 18.4 Å². The van der Waals surface area contributed by atoms with Crippen LogP contribution in [0.2, 0.25) is 0 Å². The van der Waals surface area contributed by atoms with Crippen LogP contribution in [0.15, 0.2) is 54.9 Å². The second-order valence-corrected chi connectivity index (χ2v) is 6.66. The number of imidazole rings is 1. The molecule has 1 aromatic heterocycles. The van der Waals surface area contributed by atoms with Crippen molar-refractivity contribution >= 4 is 0 Å². The number of aromatic hydroxyl groups is 1. The van der Waals surface area contributed by atoms with Gasteiger partial charge in [0.15, 0.2) is 11.5 Å². The number of hydrogen-bond donors (Lipinski definition) is 1. The molecule has 0 saturated carbocycles. The topological polar surface area (TPSA) is 50.5 Å². The molecule has 134 valence electrons. The van der Waals surface area contributed by atoms with Crippen molar-refractivity contribution in [2.24, 2.45) is 0 Å². The molecule has 1 saturated heterocycles. The summed E-state index contributed by atoms with van der Waals surface area (Å²) in [7, 11) is 1.55. The van der Waals surface area contributed by atoms with Crippen LogP contribution in [-0.2, 0) is 6.54 Å². The lowest BCUT2D eigenvalue weighted by Crippen LogP contribution is -2.18. The molecule has 1 fully saturated rings. The number of phenols is 1. The van der Waals surface area contributed by atoms with Gasteiger partial charge in [-0.2, -0.15) is 0 Å². The molecule has 0 atom stereocenters. The zero-order chi connectivity index (χ0) is 17.9. The first-order valence-electron chi connectivity index (χ1n) is 8.97. The fourth-order valence-corrected chi connectivity index (χ4v) is 3.55. The first-order chi connectivity index (χ1) is 12.7. The zero-order valence-electron chi connectivity index (χ0n) is 14.9. The van der Waals surface area contributed by atoms with Gasteiger partial charge in [-0.25, -0.2) is 4.98 Å². The summed E-state index contributed by atoms with van der Waals surface area (Å²) >= 11 is 0. The standard InChI is InChI=1S/C21H23N3O2/c1-26-20-14-17(7-8-19(20)25)21-22-9-12-24(21)18-6-4-5-16(13-18)15-23-10-2-3-11-23/h4-9,12-14,25H,2-3,10-11,15H2,1H3. The molecule has 2 aromatic carbocycles. The predicted octanol–water partition coefficient (Wildman–Crippen LogP) is 3.85. The zero-order valence-corrected chi connectivity index (χ0v) is 14.9. The Morgan fingerprint density at radius 3 is 2.77 bits per heavy atom. The number of phenolic OH excluding ortho intramolecular Hbond substituents is 1. The van der Waals surface area contributed by atoms with Gasteiger partial charge in [-0.3, -0.25) is 9.47 Å². The lowest BCUT2D eigenvalue weighted by Gasteiger charge is -2.16. The molecule has 5 heteroatoms. The number of likely N-dealkylation sites (tertiary alicyclic amines) is 1. The molecule has 4 rings (SSSR count). The highest BCUT2D eigenvalue weighted by Crippen LogP contribution is 2.31. The van der Waals surface area contributed by atoms with Crippen LogP contribution in [0, 0.1) is 0 Å². The van der Waals surface area contributed by atoms with Crippen LogP contribution in [-0.4, -0.2) is 39.8 Å². The van der Waals surface area contributed by atoms with Gasteiger partial charge in [-0.05, 0) is 61.8 Å². The average Bonchev–Trinajstić information content (AvgIpc) is 3.34. The van der Waals surface area contributed by atoms with Gasteiger partial charge in [-0.1, -0.05) is 12.1 Å². The average molecular weight is 349 g/mol. The smallest absolute Gasteiger partial charge is 0.161 e. The maximum Gasteiger partial charge on any atom is 0.161 e. The van der Waals surface area contributed by atoms with Crippen molar-refractivity contribution in [1.29, 1.82) is 0 Å². The Bertz CT molecular complexity index is 898. The Labute approximate surface area is 153 Å². The van der Waals surface area contributed by atoms with Gasteiger partial charge in [0, 0.05) is 30.2 Å². The minimum atomic E-state index is 0.127. The van der Waals surface area contributed by atoms with Crippen LogP contribution in [0.3, 0.4) is 0 Å². The number of rotatable bonds is 5. The predicted molar refractivity (Wildman–Crippen MR) is 102 cm³/mol. The molecule has 0 amide bonds. The Morgan fingerprint density at radius 2 is 1.96 bits per heavy atom. The van der Waals surface area contributed by atoms with E-state index in [4.69, 9.17) is 4.74 Å². The third kappa shape index (κ3) is 3.30. The fraction of sp³-hybridized carbons (Fsp3) is 0.286. The molecule has 0 bridgehead atoms. The van der Waals surface area contributed by atoms with Crippen molar-refractivity contribution in [3.8, 4) is 28.6 Å². The minimum absolute atomic E-state index is 0.127. The first kappa shape index (κ1) is 16.7. The summed E-state index contributed by atoms with van der Waals surface area (Å²) in [5, 5.41) is 9.83. The number of benzene rings is 2. The summed E-state index contributed by atoms with van der Waals surface area (Å²) in [4.78, 5) is 7.01. The summed E-state index contributed by atoms with van der Waals surface area (Å²) in [6, 6.07) is 13.9. The molecule has 0 spiro atoms. The van der Waals surface area contributed by atoms with E-state index in [1.807, 2.05) is 18.3 Å². The second-order valence-electron chi connectivity index (χ2n) is 6.66. The van der Waals surface area contributed by atoms with Crippen LogP contribution >= 0.6 is 0 Å². The van der Waals surface area contributed by atoms with E-state index in [0.717, 1.165) is 23.6 Å². The number of ether oxygens (including phenoxy) is 1. The molecule has 1 aliphatic heterocycles. The molecule has 0 radical (unpaired) electrons. The van der Waals surface area contributed by atoms with E-state index >= 15 is 0 Å². The Kier molecular flexibility index (Phi) is 4.63. The second kappa shape index (κ2) is 7.22. The highest BCUT2D eigenvalue weighted by molar-refractivity contribution is 5.63. The Balaban J connectivity index is 1.66. The minimum Gasteiger partial charge on any atom is -0.504 e. The quantitative estimate of drug-likeness (QED) is 0.760. The number of hydrogen-bond acceptors (Lipinski definition) is 4. The molecule has 2 heterocycles. The maximum absolute atomic E-state index is 9.83. The van der Waals surface area contributed by atoms with Crippen LogP contribution in [0.25, 0.3) is 17.1 Å². The lowest BCUT2D eigenvalue weighted by molar-refractivity contribution is 0.331. The van der Waals surface area contributed by atoms with Gasteiger partial charge in [-0.15, -0.1) is 0 Å². The molecule has 26 heavy (non-hydrogen) atoms. The van der Waals surface area contributed by atoms with Crippen LogP contribution < -0.4 is 4.74 Å². The van der Waals surface area contributed by atoms with Crippen molar-refractivity contribution in [3.05, 3.63) is 60.4 Å². The van der Waals surface area contributed by atoms with E-state index in [-0.39, 0.29) is 5.75 Å². The Morgan fingerprint density at radius 1 is 1.12 bits per heavy atom. The van der Waals surface area contributed by atoms with Crippen molar-refractivity contribution in [2.45, 2.75) is 19.4 Å². The molecule has 0 aliphatic carbocycles. The fourth-order valence-electron chi connectivity index (χ4n) is 3.55. The van der Waals surface area contributed by atoms with E-state index in [0.29, 0.717) is 5.75 Å². The largest absolute Gasteiger partial charge is 0.504 e. The van der Waals surface area contributed by atoms with E-state index in [1.54, 1.807) is 19.4 Å². The van der Waals surface area contributed by atoms with Crippen molar-refractivity contribution in [2.75, 3.05) is 20.2 Å². The molecule has 0 unspecified atom stereocenters. The van der Waals surface area contributed by atoms with Gasteiger partial charge in [0.05, 0.1) is 7.11 Å². The monoisotopic (exact) mass is 349 g/mol. The first-order valence-corrected chi connectivity index (χ1v) is 8.97. The SMILES string of the molecule is COc1cc(-c2nccn2-c2cccc(CN3CCCC3)c2)ccc1O. The summed E-state index contributed by atoms with van der Waals surface area (Å²) in [5.74, 6) is 1.39. The summed E-state index contributed by atoms with van der Waals surface area (Å²) < 4.78 is 7.30. The van der Waals surface area contributed by atoms with Gasteiger partial charge in [0.1, 0.15) is 5.82 Å².